The van der Waals surface area contributed by atoms with E-state index < -0.39 is 0 Å². The molecule has 0 aliphatic carbocycles. The zero-order valence-corrected chi connectivity index (χ0v) is 13.0. The number of ether oxygens (including phenoxy) is 1. The number of methoxy groups -OCH3 is 1. The van der Waals surface area contributed by atoms with Crippen molar-refractivity contribution in [3.63, 3.8) is 0 Å². The Morgan fingerprint density at radius 2 is 2.15 bits per heavy atom. The Kier molecular flexibility index (Phi) is 7.58. The number of aromatic nitrogens is 2. The van der Waals surface area contributed by atoms with E-state index in [1.54, 1.807) is 13.3 Å². The number of hydrogen-bond acceptors (Lipinski definition) is 5. The van der Waals surface area contributed by atoms with Crippen molar-refractivity contribution >= 4 is 17.3 Å². The van der Waals surface area contributed by atoms with E-state index in [2.05, 4.69) is 15.7 Å². The third-order valence-electron chi connectivity index (χ3n) is 2.62. The fraction of sp³-hybridized carbons (Fsp3) is 0.692. The van der Waals surface area contributed by atoms with Crippen LogP contribution in [0.15, 0.2) is 11.0 Å². The maximum atomic E-state index is 12.0. The summed E-state index contributed by atoms with van der Waals surface area (Å²) in [7, 11) is 1.66. The van der Waals surface area contributed by atoms with E-state index in [-0.39, 0.29) is 10.6 Å². The van der Waals surface area contributed by atoms with E-state index in [1.165, 1.54) is 4.68 Å². The van der Waals surface area contributed by atoms with Gasteiger partial charge in [-0.05, 0) is 5.92 Å². The molecule has 0 aromatic carbocycles. The van der Waals surface area contributed by atoms with Gasteiger partial charge in [0.2, 0.25) is 0 Å². The average Bonchev–Trinajstić information content (AvgIpc) is 2.41. The number of anilines is 1. The van der Waals surface area contributed by atoms with Crippen LogP contribution >= 0.6 is 11.6 Å². The summed E-state index contributed by atoms with van der Waals surface area (Å²) in [5.74, 6) is 0.347. The fourth-order valence-electron chi connectivity index (χ4n) is 1.65. The molecule has 1 aromatic rings. The van der Waals surface area contributed by atoms with Crippen molar-refractivity contribution < 1.29 is 4.74 Å². The van der Waals surface area contributed by atoms with Gasteiger partial charge in [-0.25, -0.2) is 4.68 Å². The molecule has 0 atom stereocenters. The molecule has 0 aliphatic rings. The summed E-state index contributed by atoms with van der Waals surface area (Å²) >= 11 is 6.07. The highest BCUT2D eigenvalue weighted by molar-refractivity contribution is 6.32. The molecule has 7 heteroatoms. The Balaban J connectivity index is 2.51. The normalized spacial score (nSPS) is 11.1. The van der Waals surface area contributed by atoms with Crippen LogP contribution in [0.4, 0.5) is 5.69 Å². The zero-order chi connectivity index (χ0) is 15.0. The molecule has 1 rings (SSSR count). The maximum absolute atomic E-state index is 12.0. The van der Waals surface area contributed by atoms with Crippen LogP contribution in [-0.4, -0.2) is 43.1 Å². The van der Waals surface area contributed by atoms with E-state index in [4.69, 9.17) is 16.3 Å². The molecule has 1 heterocycles. The zero-order valence-electron chi connectivity index (χ0n) is 12.3. The molecule has 0 spiro atoms. The van der Waals surface area contributed by atoms with E-state index in [0.29, 0.717) is 31.3 Å². The van der Waals surface area contributed by atoms with E-state index in [1.807, 2.05) is 13.8 Å². The third kappa shape index (κ3) is 5.48. The smallest absolute Gasteiger partial charge is 0.287 e. The minimum atomic E-state index is -0.252. The highest BCUT2D eigenvalue weighted by Crippen LogP contribution is 2.14. The first-order chi connectivity index (χ1) is 9.56. The molecule has 0 fully saturated rings. The van der Waals surface area contributed by atoms with Crippen molar-refractivity contribution in [1.29, 1.82) is 0 Å². The molecule has 0 unspecified atom stereocenters. The van der Waals surface area contributed by atoms with Crippen molar-refractivity contribution in [2.45, 2.75) is 20.4 Å². The van der Waals surface area contributed by atoms with Crippen molar-refractivity contribution in [2.24, 2.45) is 5.92 Å². The van der Waals surface area contributed by atoms with Crippen LogP contribution < -0.4 is 16.2 Å². The summed E-state index contributed by atoms with van der Waals surface area (Å²) in [5, 5.41) is 10.6. The minimum Gasteiger partial charge on any atom is -0.383 e. The summed E-state index contributed by atoms with van der Waals surface area (Å²) in [6.45, 7) is 7.51. The second-order valence-electron chi connectivity index (χ2n) is 4.92. The van der Waals surface area contributed by atoms with Crippen LogP contribution in [0, 0.1) is 5.92 Å². The minimum absolute atomic E-state index is 0.192. The summed E-state index contributed by atoms with van der Waals surface area (Å²) in [6, 6.07) is 0. The van der Waals surface area contributed by atoms with Crippen LogP contribution in [0.25, 0.3) is 0 Å². The van der Waals surface area contributed by atoms with E-state index >= 15 is 0 Å². The summed E-state index contributed by atoms with van der Waals surface area (Å²) in [6.07, 6.45) is 1.60. The Morgan fingerprint density at radius 1 is 1.40 bits per heavy atom. The lowest BCUT2D eigenvalue weighted by atomic mass is 10.2. The number of nitrogens with one attached hydrogen (secondary N) is 2. The fourth-order valence-corrected chi connectivity index (χ4v) is 1.86. The molecular formula is C13H23ClN4O2. The van der Waals surface area contributed by atoms with Gasteiger partial charge in [-0.2, -0.15) is 5.10 Å². The van der Waals surface area contributed by atoms with E-state index in [0.717, 1.165) is 13.1 Å². The van der Waals surface area contributed by atoms with Crippen molar-refractivity contribution in [3.8, 4) is 0 Å². The molecule has 0 saturated carbocycles. The third-order valence-corrected chi connectivity index (χ3v) is 2.99. The second kappa shape index (κ2) is 8.94. The van der Waals surface area contributed by atoms with Gasteiger partial charge in [0.15, 0.2) is 0 Å². The van der Waals surface area contributed by atoms with Gasteiger partial charge in [-0.15, -0.1) is 0 Å². The van der Waals surface area contributed by atoms with Gasteiger partial charge >= 0.3 is 0 Å². The maximum Gasteiger partial charge on any atom is 0.287 e. The molecule has 20 heavy (non-hydrogen) atoms. The topological polar surface area (TPSA) is 68.2 Å². The summed E-state index contributed by atoms with van der Waals surface area (Å²) < 4.78 is 6.33. The molecule has 0 radical (unpaired) electrons. The van der Waals surface area contributed by atoms with Gasteiger partial charge in [0.25, 0.3) is 5.56 Å². The number of rotatable bonds is 9. The van der Waals surface area contributed by atoms with Gasteiger partial charge < -0.3 is 15.4 Å². The first kappa shape index (κ1) is 16.9. The second-order valence-corrected chi connectivity index (χ2v) is 5.30. The van der Waals surface area contributed by atoms with Gasteiger partial charge in [0.1, 0.15) is 5.02 Å². The largest absolute Gasteiger partial charge is 0.383 e. The SMILES string of the molecule is COCCNCCNc1cnn(CC(C)C)c(=O)c1Cl. The van der Waals surface area contributed by atoms with Crippen LogP contribution in [0.2, 0.25) is 5.02 Å². The highest BCUT2D eigenvalue weighted by Gasteiger charge is 2.09. The Labute approximate surface area is 124 Å². The molecule has 0 aliphatic heterocycles. The predicted octanol–water partition coefficient (Wildman–Crippen LogP) is 1.20. The van der Waals surface area contributed by atoms with Gasteiger partial charge in [-0.3, -0.25) is 4.79 Å². The van der Waals surface area contributed by atoms with Gasteiger partial charge in [0, 0.05) is 33.3 Å². The first-order valence-corrected chi connectivity index (χ1v) is 7.13. The predicted molar refractivity (Wildman–Crippen MR) is 81.6 cm³/mol. The standard InChI is InChI=1S/C13H23ClN4O2/c1-10(2)9-18-13(19)12(14)11(8-17-18)16-5-4-15-6-7-20-3/h8,10,15-16H,4-7,9H2,1-3H3. The molecule has 2 N–H and O–H groups in total. The lowest BCUT2D eigenvalue weighted by Gasteiger charge is -2.11. The summed E-state index contributed by atoms with van der Waals surface area (Å²) in [4.78, 5) is 12.0. The van der Waals surface area contributed by atoms with Crippen molar-refractivity contribution in [1.82, 2.24) is 15.1 Å². The van der Waals surface area contributed by atoms with Gasteiger partial charge in [0.05, 0.1) is 18.5 Å². The van der Waals surface area contributed by atoms with Crippen molar-refractivity contribution in [3.05, 3.63) is 21.6 Å². The lowest BCUT2D eigenvalue weighted by molar-refractivity contribution is 0.200. The number of hydrogen-bond donors (Lipinski definition) is 2. The average molecular weight is 303 g/mol. The van der Waals surface area contributed by atoms with Gasteiger partial charge in [-0.1, -0.05) is 25.4 Å². The van der Waals surface area contributed by atoms with Crippen LogP contribution in [0.1, 0.15) is 13.8 Å². The summed E-state index contributed by atoms with van der Waals surface area (Å²) in [5.41, 5.74) is 0.322. The number of nitrogens with zero attached hydrogens (tertiary/aromatic N) is 2. The van der Waals surface area contributed by atoms with E-state index in [9.17, 15) is 4.79 Å². The molecule has 114 valence electrons. The molecule has 1 aromatic heterocycles. The van der Waals surface area contributed by atoms with Crippen molar-refractivity contribution in [2.75, 3.05) is 38.7 Å². The highest BCUT2D eigenvalue weighted by atomic mass is 35.5. The van der Waals surface area contributed by atoms with Crippen LogP contribution in [-0.2, 0) is 11.3 Å². The van der Waals surface area contributed by atoms with Crippen LogP contribution in [0.5, 0.6) is 0 Å². The quantitative estimate of drug-likeness (QED) is 0.671. The Hall–Kier alpha value is -1.11. The monoisotopic (exact) mass is 302 g/mol. The molecule has 0 bridgehead atoms. The number of halogens is 1. The molecular weight excluding hydrogens is 280 g/mol. The Bertz CT molecular complexity index is 462. The Morgan fingerprint density at radius 3 is 2.80 bits per heavy atom. The molecule has 0 amide bonds. The first-order valence-electron chi connectivity index (χ1n) is 6.75. The van der Waals surface area contributed by atoms with Crippen LogP contribution in [0.3, 0.4) is 0 Å². The lowest BCUT2D eigenvalue weighted by Crippen LogP contribution is -2.28. The molecule has 0 saturated heterocycles. The molecule has 6 nitrogen and oxygen atoms in total.